The van der Waals surface area contributed by atoms with E-state index in [4.69, 9.17) is 9.47 Å². The van der Waals surface area contributed by atoms with Crippen molar-refractivity contribution in [1.82, 2.24) is 14.8 Å². The standard InChI is InChI=1S/C21H28N4O4/c1-23-17-6-5-15(28-2)14-16(17)19(25-8-3-4-18(25)26)20(23)21(27)22-7-9-24-10-12-29-13-11-24/h5-6,14H,3-4,7-13H2,1-2H3,(H,22,27). The summed E-state index contributed by atoms with van der Waals surface area (Å²) in [6.07, 6.45) is 1.32. The average Bonchev–Trinajstić information content (AvgIpc) is 3.28. The highest BCUT2D eigenvalue weighted by Gasteiger charge is 2.31. The Kier molecular flexibility index (Phi) is 5.73. The van der Waals surface area contributed by atoms with Gasteiger partial charge in [0.05, 0.1) is 31.5 Å². The molecule has 2 amide bonds. The number of anilines is 1. The van der Waals surface area contributed by atoms with Crippen LogP contribution in [0.2, 0.25) is 0 Å². The van der Waals surface area contributed by atoms with Crippen LogP contribution < -0.4 is 15.0 Å². The molecule has 1 aromatic heterocycles. The predicted molar refractivity (Wildman–Crippen MR) is 111 cm³/mol. The number of nitrogens with one attached hydrogen (secondary N) is 1. The molecule has 0 saturated carbocycles. The number of ether oxygens (including phenoxy) is 2. The summed E-state index contributed by atoms with van der Waals surface area (Å²) in [6, 6.07) is 5.71. The van der Waals surface area contributed by atoms with E-state index in [1.54, 1.807) is 12.0 Å². The number of aryl methyl sites for hydroxylation is 1. The van der Waals surface area contributed by atoms with Gasteiger partial charge in [-0.1, -0.05) is 0 Å². The third-order valence-electron chi connectivity index (χ3n) is 5.76. The van der Waals surface area contributed by atoms with E-state index in [0.717, 1.165) is 50.2 Å². The summed E-state index contributed by atoms with van der Waals surface area (Å²) < 4.78 is 12.6. The zero-order valence-electron chi connectivity index (χ0n) is 17.1. The van der Waals surface area contributed by atoms with Crippen molar-refractivity contribution in [3.8, 4) is 5.75 Å². The van der Waals surface area contributed by atoms with Gasteiger partial charge in [-0.15, -0.1) is 0 Å². The lowest BCUT2D eigenvalue weighted by Gasteiger charge is -2.26. The molecule has 3 heterocycles. The van der Waals surface area contributed by atoms with Gasteiger partial charge >= 0.3 is 0 Å². The topological polar surface area (TPSA) is 76.0 Å². The van der Waals surface area contributed by atoms with E-state index in [2.05, 4.69) is 10.2 Å². The number of carbonyl (C=O) groups is 2. The number of hydrogen-bond acceptors (Lipinski definition) is 5. The number of aromatic nitrogens is 1. The van der Waals surface area contributed by atoms with E-state index >= 15 is 0 Å². The SMILES string of the molecule is COc1ccc2c(c1)c(N1CCCC1=O)c(C(=O)NCCN1CCOCC1)n2C. The van der Waals surface area contributed by atoms with Crippen molar-refractivity contribution in [2.45, 2.75) is 12.8 Å². The van der Waals surface area contributed by atoms with Crippen LogP contribution in [-0.2, 0) is 16.6 Å². The average molecular weight is 400 g/mol. The van der Waals surface area contributed by atoms with E-state index in [1.165, 1.54) is 0 Å². The smallest absolute Gasteiger partial charge is 0.270 e. The zero-order chi connectivity index (χ0) is 20.4. The summed E-state index contributed by atoms with van der Waals surface area (Å²) in [5.74, 6) is 0.601. The lowest BCUT2D eigenvalue weighted by Crippen LogP contribution is -2.41. The van der Waals surface area contributed by atoms with Crippen LogP contribution in [0.25, 0.3) is 10.9 Å². The molecule has 29 heavy (non-hydrogen) atoms. The van der Waals surface area contributed by atoms with Gasteiger partial charge < -0.3 is 24.3 Å². The molecule has 2 saturated heterocycles. The molecule has 1 N–H and O–H groups in total. The van der Waals surface area contributed by atoms with Crippen LogP contribution in [0.4, 0.5) is 5.69 Å². The maximum atomic E-state index is 13.2. The van der Waals surface area contributed by atoms with Crippen molar-refractivity contribution in [1.29, 1.82) is 0 Å². The van der Waals surface area contributed by atoms with Gasteiger partial charge in [0.2, 0.25) is 5.91 Å². The van der Waals surface area contributed by atoms with E-state index in [0.29, 0.717) is 36.6 Å². The van der Waals surface area contributed by atoms with Gasteiger partial charge in [0, 0.05) is 51.6 Å². The van der Waals surface area contributed by atoms with Crippen molar-refractivity contribution in [3.63, 3.8) is 0 Å². The second-order valence-electron chi connectivity index (χ2n) is 7.50. The first kappa shape index (κ1) is 19.7. The molecule has 2 fully saturated rings. The Labute approximate surface area is 170 Å². The molecule has 8 nitrogen and oxygen atoms in total. The van der Waals surface area contributed by atoms with Crippen LogP contribution in [-0.4, -0.2) is 74.3 Å². The molecule has 1 aromatic carbocycles. The molecular weight excluding hydrogens is 372 g/mol. The molecule has 0 aliphatic carbocycles. The molecular formula is C21H28N4O4. The fraction of sp³-hybridized carbons (Fsp3) is 0.524. The van der Waals surface area contributed by atoms with E-state index in [1.807, 2.05) is 29.8 Å². The molecule has 0 spiro atoms. The van der Waals surface area contributed by atoms with E-state index in [-0.39, 0.29) is 11.8 Å². The first-order valence-corrected chi connectivity index (χ1v) is 10.1. The summed E-state index contributed by atoms with van der Waals surface area (Å²) in [6.45, 7) is 5.21. The highest BCUT2D eigenvalue weighted by Crippen LogP contribution is 2.37. The monoisotopic (exact) mass is 400 g/mol. The molecule has 2 aliphatic rings. The van der Waals surface area contributed by atoms with Crippen molar-refractivity contribution in [2.75, 3.05) is 57.9 Å². The van der Waals surface area contributed by atoms with Crippen molar-refractivity contribution >= 4 is 28.4 Å². The van der Waals surface area contributed by atoms with Crippen molar-refractivity contribution in [2.24, 2.45) is 7.05 Å². The number of fused-ring (bicyclic) bond motifs is 1. The van der Waals surface area contributed by atoms with Crippen LogP contribution in [0.5, 0.6) is 5.75 Å². The minimum Gasteiger partial charge on any atom is -0.497 e. The number of rotatable bonds is 6. The molecule has 0 radical (unpaired) electrons. The molecule has 0 atom stereocenters. The van der Waals surface area contributed by atoms with Crippen LogP contribution in [0, 0.1) is 0 Å². The van der Waals surface area contributed by atoms with Crippen LogP contribution in [0.3, 0.4) is 0 Å². The lowest BCUT2D eigenvalue weighted by molar-refractivity contribution is -0.117. The minimum absolute atomic E-state index is 0.0580. The van der Waals surface area contributed by atoms with Gasteiger partial charge in [-0.2, -0.15) is 0 Å². The third-order valence-corrected chi connectivity index (χ3v) is 5.76. The molecule has 8 heteroatoms. The van der Waals surface area contributed by atoms with E-state index in [9.17, 15) is 9.59 Å². The zero-order valence-corrected chi connectivity index (χ0v) is 17.1. The highest BCUT2D eigenvalue weighted by atomic mass is 16.5. The van der Waals surface area contributed by atoms with Crippen LogP contribution >= 0.6 is 0 Å². The van der Waals surface area contributed by atoms with Crippen LogP contribution in [0.1, 0.15) is 23.3 Å². The molecule has 4 rings (SSSR count). The second-order valence-corrected chi connectivity index (χ2v) is 7.50. The molecule has 2 aromatic rings. The minimum atomic E-state index is -0.161. The number of morpholine rings is 1. The van der Waals surface area contributed by atoms with Crippen molar-refractivity contribution < 1.29 is 19.1 Å². The Hall–Kier alpha value is -2.58. The summed E-state index contributed by atoms with van der Waals surface area (Å²) in [5, 5.41) is 3.91. The number of amides is 2. The Morgan fingerprint density at radius 1 is 1.24 bits per heavy atom. The maximum absolute atomic E-state index is 13.2. The van der Waals surface area contributed by atoms with Crippen LogP contribution in [0.15, 0.2) is 18.2 Å². The summed E-state index contributed by atoms with van der Waals surface area (Å²) in [4.78, 5) is 29.7. The first-order chi connectivity index (χ1) is 14.1. The van der Waals surface area contributed by atoms with Gasteiger partial charge in [-0.25, -0.2) is 0 Å². The largest absolute Gasteiger partial charge is 0.497 e. The molecule has 0 unspecified atom stereocenters. The molecule has 156 valence electrons. The van der Waals surface area contributed by atoms with Crippen molar-refractivity contribution in [3.05, 3.63) is 23.9 Å². The van der Waals surface area contributed by atoms with Gasteiger partial charge in [0.1, 0.15) is 11.4 Å². The Morgan fingerprint density at radius 2 is 2.03 bits per heavy atom. The van der Waals surface area contributed by atoms with Gasteiger partial charge in [0.15, 0.2) is 0 Å². The summed E-state index contributed by atoms with van der Waals surface area (Å²) in [5.41, 5.74) is 2.11. The number of hydrogen-bond donors (Lipinski definition) is 1. The first-order valence-electron chi connectivity index (χ1n) is 10.1. The number of methoxy groups -OCH3 is 1. The fourth-order valence-electron chi connectivity index (χ4n) is 4.18. The molecule has 0 bridgehead atoms. The second kappa shape index (κ2) is 8.42. The van der Waals surface area contributed by atoms with E-state index < -0.39 is 0 Å². The van der Waals surface area contributed by atoms with Gasteiger partial charge in [0.25, 0.3) is 5.91 Å². The number of benzene rings is 1. The van der Waals surface area contributed by atoms with Gasteiger partial charge in [-0.3, -0.25) is 14.5 Å². The third kappa shape index (κ3) is 3.82. The normalized spacial score (nSPS) is 17.9. The maximum Gasteiger partial charge on any atom is 0.270 e. The lowest BCUT2D eigenvalue weighted by atomic mass is 10.2. The summed E-state index contributed by atoms with van der Waals surface area (Å²) in [7, 11) is 3.49. The number of nitrogens with zero attached hydrogens (tertiary/aromatic N) is 3. The van der Waals surface area contributed by atoms with Gasteiger partial charge in [-0.05, 0) is 24.6 Å². The Balaban J connectivity index is 1.63. The Morgan fingerprint density at radius 3 is 2.72 bits per heavy atom. The molecule has 2 aliphatic heterocycles. The Bertz CT molecular complexity index is 917. The quantitative estimate of drug-likeness (QED) is 0.793. The summed E-state index contributed by atoms with van der Waals surface area (Å²) >= 11 is 0. The highest BCUT2D eigenvalue weighted by molar-refractivity contribution is 6.14. The fourth-order valence-corrected chi connectivity index (χ4v) is 4.18. The number of carbonyl (C=O) groups excluding carboxylic acids is 2. The predicted octanol–water partition coefficient (Wildman–Crippen LogP) is 1.38.